The van der Waals surface area contributed by atoms with Crippen molar-refractivity contribution in [2.45, 2.75) is 19.4 Å². The molecule has 2 amide bonds. The Kier molecular flexibility index (Phi) is 6.45. The number of benzene rings is 2. The van der Waals surface area contributed by atoms with Gasteiger partial charge in [0.05, 0.1) is 23.2 Å². The monoisotopic (exact) mass is 409 g/mol. The van der Waals surface area contributed by atoms with Crippen LogP contribution in [0.15, 0.2) is 48.5 Å². The molecule has 0 fully saturated rings. The highest BCUT2D eigenvalue weighted by Crippen LogP contribution is 2.25. The molecule has 2 aromatic rings. The van der Waals surface area contributed by atoms with Gasteiger partial charge in [0.1, 0.15) is 6.04 Å². The number of nitrogens with zero attached hydrogens (tertiary/aromatic N) is 1. The Morgan fingerprint density at radius 2 is 1.74 bits per heavy atom. The van der Waals surface area contributed by atoms with E-state index in [4.69, 9.17) is 17.3 Å². The number of primary amides is 1. The lowest BCUT2D eigenvalue weighted by atomic mass is 10.1. The van der Waals surface area contributed by atoms with Crippen LogP contribution in [0.4, 0.5) is 11.4 Å². The summed E-state index contributed by atoms with van der Waals surface area (Å²) in [6.07, 6.45) is 1.23. The van der Waals surface area contributed by atoms with Crippen LogP contribution < -0.4 is 15.4 Å². The van der Waals surface area contributed by atoms with Gasteiger partial charge in [0.15, 0.2) is 0 Å². The quantitative estimate of drug-likeness (QED) is 0.732. The van der Waals surface area contributed by atoms with Crippen LogP contribution in [0.2, 0.25) is 5.02 Å². The first-order valence-corrected chi connectivity index (χ1v) is 10.3. The summed E-state index contributed by atoms with van der Waals surface area (Å²) in [5.41, 5.74) is 5.99. The van der Waals surface area contributed by atoms with Gasteiger partial charge in [0, 0.05) is 5.02 Å². The van der Waals surface area contributed by atoms with Crippen LogP contribution in [0, 0.1) is 0 Å². The standard InChI is InChI=1S/C18H20ClN3O4S/c1-3-16(18(24)21-15-7-5-4-6-14(15)17(20)23)22(27(2,25)26)13-10-8-12(19)9-11-13/h4-11,16H,3H2,1-2H3,(H2,20,23)(H,21,24). The van der Waals surface area contributed by atoms with E-state index >= 15 is 0 Å². The first-order chi connectivity index (χ1) is 12.6. The van der Waals surface area contributed by atoms with Crippen molar-refractivity contribution in [3.63, 3.8) is 0 Å². The van der Waals surface area contributed by atoms with Crippen molar-refractivity contribution in [3.05, 3.63) is 59.1 Å². The third-order valence-electron chi connectivity index (χ3n) is 3.86. The van der Waals surface area contributed by atoms with Gasteiger partial charge < -0.3 is 11.1 Å². The summed E-state index contributed by atoms with van der Waals surface area (Å²) >= 11 is 5.87. The van der Waals surface area contributed by atoms with Crippen molar-refractivity contribution in [2.75, 3.05) is 15.9 Å². The second kappa shape index (κ2) is 8.41. The predicted molar refractivity (Wildman–Crippen MR) is 106 cm³/mol. The number of nitrogens with two attached hydrogens (primary N) is 1. The number of nitrogens with one attached hydrogen (secondary N) is 1. The molecular formula is C18H20ClN3O4S. The molecule has 2 aromatic carbocycles. The van der Waals surface area contributed by atoms with Crippen LogP contribution in [0.3, 0.4) is 0 Å². The summed E-state index contributed by atoms with van der Waals surface area (Å²) in [6.45, 7) is 1.69. The topological polar surface area (TPSA) is 110 Å². The number of anilines is 2. The molecule has 2 rings (SSSR count). The highest BCUT2D eigenvalue weighted by atomic mass is 35.5. The van der Waals surface area contributed by atoms with Crippen LogP contribution in [-0.2, 0) is 14.8 Å². The summed E-state index contributed by atoms with van der Waals surface area (Å²) in [7, 11) is -3.77. The number of sulfonamides is 1. The normalized spacial score (nSPS) is 12.3. The fourth-order valence-corrected chi connectivity index (χ4v) is 4.01. The van der Waals surface area contributed by atoms with Gasteiger partial charge in [-0.05, 0) is 42.8 Å². The SMILES string of the molecule is CCC(C(=O)Nc1ccccc1C(N)=O)N(c1ccc(Cl)cc1)S(C)(=O)=O. The molecule has 9 heteroatoms. The third kappa shape index (κ3) is 4.99. The lowest BCUT2D eigenvalue weighted by molar-refractivity contribution is -0.117. The van der Waals surface area contributed by atoms with Crippen LogP contribution in [-0.4, -0.2) is 32.5 Å². The molecule has 0 radical (unpaired) electrons. The minimum absolute atomic E-state index is 0.137. The van der Waals surface area contributed by atoms with E-state index in [-0.39, 0.29) is 17.7 Å². The maximum atomic E-state index is 12.9. The van der Waals surface area contributed by atoms with E-state index < -0.39 is 27.9 Å². The summed E-state index contributed by atoms with van der Waals surface area (Å²) in [5.74, 6) is -1.27. The number of rotatable bonds is 7. The lowest BCUT2D eigenvalue weighted by Gasteiger charge is -2.30. The Hall–Kier alpha value is -2.58. The average Bonchev–Trinajstić information content (AvgIpc) is 2.59. The van der Waals surface area contributed by atoms with Crippen molar-refractivity contribution >= 4 is 44.8 Å². The number of carbonyl (C=O) groups is 2. The molecule has 0 aromatic heterocycles. The van der Waals surface area contributed by atoms with Gasteiger partial charge in [0.25, 0.3) is 5.91 Å². The van der Waals surface area contributed by atoms with Crippen molar-refractivity contribution in [2.24, 2.45) is 5.73 Å². The number of halogens is 1. The predicted octanol–water partition coefficient (Wildman–Crippen LogP) is 2.62. The second-order valence-electron chi connectivity index (χ2n) is 5.86. The molecule has 0 aliphatic heterocycles. The minimum Gasteiger partial charge on any atom is -0.366 e. The summed E-state index contributed by atoms with van der Waals surface area (Å²) in [5, 5.41) is 3.05. The smallest absolute Gasteiger partial charge is 0.250 e. The van der Waals surface area contributed by atoms with Gasteiger partial charge in [-0.15, -0.1) is 0 Å². The van der Waals surface area contributed by atoms with E-state index in [1.807, 2.05) is 0 Å². The zero-order valence-electron chi connectivity index (χ0n) is 14.8. The van der Waals surface area contributed by atoms with E-state index in [2.05, 4.69) is 5.32 Å². The van der Waals surface area contributed by atoms with E-state index in [0.29, 0.717) is 10.7 Å². The number of hydrogen-bond donors (Lipinski definition) is 2. The van der Waals surface area contributed by atoms with Gasteiger partial charge in [-0.1, -0.05) is 30.7 Å². The molecule has 7 nitrogen and oxygen atoms in total. The minimum atomic E-state index is -3.77. The molecular weight excluding hydrogens is 390 g/mol. The second-order valence-corrected chi connectivity index (χ2v) is 8.15. The average molecular weight is 410 g/mol. The molecule has 0 aliphatic carbocycles. The molecule has 0 aliphatic rings. The maximum Gasteiger partial charge on any atom is 0.250 e. The molecule has 0 spiro atoms. The molecule has 0 heterocycles. The van der Waals surface area contributed by atoms with Crippen LogP contribution in [0.5, 0.6) is 0 Å². The molecule has 0 bridgehead atoms. The number of amides is 2. The number of hydrogen-bond acceptors (Lipinski definition) is 4. The number of para-hydroxylation sites is 1. The molecule has 1 atom stereocenters. The van der Waals surface area contributed by atoms with Gasteiger partial charge in [-0.2, -0.15) is 0 Å². The van der Waals surface area contributed by atoms with Crippen LogP contribution >= 0.6 is 11.6 Å². The van der Waals surface area contributed by atoms with Gasteiger partial charge in [0.2, 0.25) is 15.9 Å². The Labute approximate surface area is 163 Å². The Morgan fingerprint density at radius 1 is 1.15 bits per heavy atom. The zero-order valence-corrected chi connectivity index (χ0v) is 16.4. The van der Waals surface area contributed by atoms with Gasteiger partial charge >= 0.3 is 0 Å². The summed E-state index contributed by atoms with van der Waals surface area (Å²) in [6, 6.07) is 11.4. The highest BCUT2D eigenvalue weighted by Gasteiger charge is 2.32. The molecule has 144 valence electrons. The Morgan fingerprint density at radius 3 is 2.26 bits per heavy atom. The van der Waals surface area contributed by atoms with Crippen molar-refractivity contribution in [3.8, 4) is 0 Å². The highest BCUT2D eigenvalue weighted by molar-refractivity contribution is 7.92. The fourth-order valence-electron chi connectivity index (χ4n) is 2.67. The zero-order chi connectivity index (χ0) is 20.2. The van der Waals surface area contributed by atoms with E-state index in [9.17, 15) is 18.0 Å². The molecule has 27 heavy (non-hydrogen) atoms. The Bertz CT molecular complexity index is 945. The molecule has 3 N–H and O–H groups in total. The van der Waals surface area contributed by atoms with E-state index in [0.717, 1.165) is 10.6 Å². The van der Waals surface area contributed by atoms with E-state index in [1.54, 1.807) is 31.2 Å². The van der Waals surface area contributed by atoms with Gasteiger partial charge in [-0.25, -0.2) is 8.42 Å². The van der Waals surface area contributed by atoms with Crippen molar-refractivity contribution in [1.29, 1.82) is 0 Å². The lowest BCUT2D eigenvalue weighted by Crippen LogP contribution is -2.47. The first-order valence-electron chi connectivity index (χ1n) is 8.09. The first kappa shape index (κ1) is 20.7. The third-order valence-corrected chi connectivity index (χ3v) is 5.29. The molecule has 1 unspecified atom stereocenters. The summed E-state index contributed by atoms with van der Waals surface area (Å²) in [4.78, 5) is 24.4. The maximum absolute atomic E-state index is 12.9. The van der Waals surface area contributed by atoms with E-state index in [1.165, 1.54) is 24.3 Å². The fraction of sp³-hybridized carbons (Fsp3) is 0.222. The summed E-state index contributed by atoms with van der Waals surface area (Å²) < 4.78 is 25.8. The largest absolute Gasteiger partial charge is 0.366 e. The van der Waals surface area contributed by atoms with Crippen molar-refractivity contribution < 1.29 is 18.0 Å². The Balaban J connectivity index is 2.41. The number of carbonyl (C=O) groups excluding carboxylic acids is 2. The van der Waals surface area contributed by atoms with Crippen molar-refractivity contribution in [1.82, 2.24) is 0 Å². The molecule has 0 saturated heterocycles. The van der Waals surface area contributed by atoms with Crippen LogP contribution in [0.25, 0.3) is 0 Å². The van der Waals surface area contributed by atoms with Gasteiger partial charge in [-0.3, -0.25) is 13.9 Å². The molecule has 0 saturated carbocycles. The van der Waals surface area contributed by atoms with Crippen LogP contribution in [0.1, 0.15) is 23.7 Å².